The van der Waals surface area contributed by atoms with E-state index in [1.165, 1.54) is 0 Å². The number of para-hydroxylation sites is 1. The Kier molecular flexibility index (Phi) is 4.69. The quantitative estimate of drug-likeness (QED) is 0.851. The van der Waals surface area contributed by atoms with Crippen molar-refractivity contribution in [1.29, 1.82) is 0 Å². The number of nitrogens with zero attached hydrogens (tertiary/aromatic N) is 3. The molecule has 1 atom stereocenters. The van der Waals surface area contributed by atoms with Gasteiger partial charge in [0.1, 0.15) is 5.37 Å². The smallest absolute Gasteiger partial charge is 0.233 e. The molecule has 126 valence electrons. The van der Waals surface area contributed by atoms with Crippen molar-refractivity contribution in [2.75, 3.05) is 45.1 Å². The molecule has 0 radical (unpaired) electrons. The molecule has 6 heteroatoms. The SMILES string of the molecule is O=C1CSC(c2ccc3ccccc3n2)N1CCN1CCOCC1. The molecule has 5 nitrogen and oxygen atoms in total. The molecule has 0 saturated carbocycles. The number of amides is 1. The maximum absolute atomic E-state index is 12.3. The lowest BCUT2D eigenvalue weighted by Crippen LogP contribution is -2.42. The van der Waals surface area contributed by atoms with Crippen LogP contribution in [0, 0.1) is 0 Å². The molecule has 1 amide bonds. The number of ether oxygens (including phenoxy) is 1. The van der Waals surface area contributed by atoms with Crippen LogP contribution >= 0.6 is 11.8 Å². The van der Waals surface area contributed by atoms with Crippen molar-refractivity contribution >= 4 is 28.6 Å². The van der Waals surface area contributed by atoms with Crippen molar-refractivity contribution in [3.63, 3.8) is 0 Å². The highest BCUT2D eigenvalue weighted by Crippen LogP contribution is 2.38. The van der Waals surface area contributed by atoms with E-state index in [2.05, 4.69) is 23.1 Å². The molecule has 2 aliphatic rings. The highest BCUT2D eigenvalue weighted by molar-refractivity contribution is 8.00. The molecule has 3 heterocycles. The summed E-state index contributed by atoms with van der Waals surface area (Å²) in [5.41, 5.74) is 1.97. The summed E-state index contributed by atoms with van der Waals surface area (Å²) >= 11 is 1.68. The fraction of sp³-hybridized carbons (Fsp3) is 0.444. The van der Waals surface area contributed by atoms with Crippen LogP contribution in [0.4, 0.5) is 0 Å². The van der Waals surface area contributed by atoms with Gasteiger partial charge in [0.15, 0.2) is 0 Å². The van der Waals surface area contributed by atoms with Crippen LogP contribution in [-0.2, 0) is 9.53 Å². The molecule has 0 spiro atoms. The number of aromatic nitrogens is 1. The summed E-state index contributed by atoms with van der Waals surface area (Å²) in [6.45, 7) is 5.14. The van der Waals surface area contributed by atoms with Gasteiger partial charge >= 0.3 is 0 Å². The zero-order valence-corrected chi connectivity index (χ0v) is 14.4. The van der Waals surface area contributed by atoms with Crippen LogP contribution in [0.5, 0.6) is 0 Å². The highest BCUT2D eigenvalue weighted by atomic mass is 32.2. The van der Waals surface area contributed by atoms with E-state index >= 15 is 0 Å². The van der Waals surface area contributed by atoms with Gasteiger partial charge in [-0.2, -0.15) is 0 Å². The summed E-state index contributed by atoms with van der Waals surface area (Å²) in [6.07, 6.45) is 0. The van der Waals surface area contributed by atoms with Gasteiger partial charge in [-0.3, -0.25) is 9.69 Å². The lowest BCUT2D eigenvalue weighted by molar-refractivity contribution is -0.128. The summed E-state index contributed by atoms with van der Waals surface area (Å²) in [5, 5.41) is 1.17. The first kappa shape index (κ1) is 15.9. The zero-order chi connectivity index (χ0) is 16.4. The first-order valence-corrected chi connectivity index (χ1v) is 9.43. The molecule has 2 saturated heterocycles. The third-order valence-electron chi connectivity index (χ3n) is 4.60. The minimum atomic E-state index is 0.0307. The number of thioether (sulfide) groups is 1. The third kappa shape index (κ3) is 3.27. The number of rotatable bonds is 4. The van der Waals surface area contributed by atoms with Crippen LogP contribution < -0.4 is 0 Å². The molecule has 0 N–H and O–H groups in total. The summed E-state index contributed by atoms with van der Waals surface area (Å²) in [4.78, 5) is 21.5. The van der Waals surface area contributed by atoms with Crippen molar-refractivity contribution in [1.82, 2.24) is 14.8 Å². The van der Waals surface area contributed by atoms with E-state index in [0.29, 0.717) is 5.75 Å². The Hall–Kier alpha value is -1.63. The Morgan fingerprint density at radius 2 is 1.96 bits per heavy atom. The minimum Gasteiger partial charge on any atom is -0.379 e. The van der Waals surface area contributed by atoms with E-state index < -0.39 is 0 Å². The second-order valence-corrected chi connectivity index (χ2v) is 7.20. The van der Waals surface area contributed by atoms with Gasteiger partial charge in [-0.05, 0) is 12.1 Å². The normalized spacial score (nSPS) is 22.4. The van der Waals surface area contributed by atoms with Gasteiger partial charge in [-0.1, -0.05) is 24.3 Å². The molecule has 1 aromatic heterocycles. The highest BCUT2D eigenvalue weighted by Gasteiger charge is 2.33. The Labute approximate surface area is 146 Å². The Morgan fingerprint density at radius 3 is 2.83 bits per heavy atom. The molecule has 1 aromatic carbocycles. The topological polar surface area (TPSA) is 45.7 Å². The first-order valence-electron chi connectivity index (χ1n) is 8.38. The van der Waals surface area contributed by atoms with Crippen LogP contribution in [0.3, 0.4) is 0 Å². The monoisotopic (exact) mass is 343 g/mol. The molecular formula is C18H21N3O2S. The van der Waals surface area contributed by atoms with Crippen LogP contribution in [0.2, 0.25) is 0 Å². The van der Waals surface area contributed by atoms with E-state index in [4.69, 9.17) is 9.72 Å². The van der Waals surface area contributed by atoms with Gasteiger partial charge in [0.25, 0.3) is 0 Å². The lowest BCUT2D eigenvalue weighted by atomic mass is 10.2. The number of carbonyl (C=O) groups is 1. The van der Waals surface area contributed by atoms with Crippen LogP contribution in [-0.4, -0.2) is 65.8 Å². The van der Waals surface area contributed by atoms with Gasteiger partial charge in [0.05, 0.1) is 30.2 Å². The Morgan fingerprint density at radius 1 is 1.12 bits per heavy atom. The second-order valence-electron chi connectivity index (χ2n) is 6.13. The number of pyridine rings is 1. The number of benzene rings is 1. The van der Waals surface area contributed by atoms with Gasteiger partial charge in [-0.25, -0.2) is 4.98 Å². The van der Waals surface area contributed by atoms with Crippen molar-refractivity contribution in [2.24, 2.45) is 0 Å². The first-order chi connectivity index (χ1) is 11.8. The second kappa shape index (κ2) is 7.09. The van der Waals surface area contributed by atoms with Gasteiger partial charge in [0, 0.05) is 31.6 Å². The molecule has 2 aromatic rings. The Balaban J connectivity index is 1.50. The minimum absolute atomic E-state index is 0.0307. The van der Waals surface area contributed by atoms with Crippen LogP contribution in [0.1, 0.15) is 11.1 Å². The molecule has 0 bridgehead atoms. The average molecular weight is 343 g/mol. The number of hydrogen-bond donors (Lipinski definition) is 0. The number of morpholine rings is 1. The van der Waals surface area contributed by atoms with Crippen molar-refractivity contribution < 1.29 is 9.53 Å². The lowest BCUT2D eigenvalue weighted by Gasteiger charge is -2.30. The zero-order valence-electron chi connectivity index (χ0n) is 13.6. The predicted molar refractivity (Wildman–Crippen MR) is 95.9 cm³/mol. The maximum Gasteiger partial charge on any atom is 0.233 e. The molecular weight excluding hydrogens is 322 g/mol. The molecule has 2 fully saturated rings. The average Bonchev–Trinajstić information content (AvgIpc) is 3.01. The number of fused-ring (bicyclic) bond motifs is 1. The van der Waals surface area contributed by atoms with E-state index in [1.54, 1.807) is 11.8 Å². The molecule has 4 rings (SSSR count). The summed E-state index contributed by atoms with van der Waals surface area (Å²) in [7, 11) is 0. The van der Waals surface area contributed by atoms with Crippen molar-refractivity contribution in [2.45, 2.75) is 5.37 Å². The van der Waals surface area contributed by atoms with Gasteiger partial charge in [-0.15, -0.1) is 11.8 Å². The number of carbonyl (C=O) groups excluding carboxylic acids is 1. The summed E-state index contributed by atoms with van der Waals surface area (Å²) in [6, 6.07) is 12.3. The third-order valence-corrected chi connectivity index (χ3v) is 5.83. The maximum atomic E-state index is 12.3. The largest absolute Gasteiger partial charge is 0.379 e. The van der Waals surface area contributed by atoms with E-state index in [-0.39, 0.29) is 11.3 Å². The fourth-order valence-corrected chi connectivity index (χ4v) is 4.41. The molecule has 2 aliphatic heterocycles. The van der Waals surface area contributed by atoms with E-state index in [1.807, 2.05) is 23.1 Å². The Bertz CT molecular complexity index is 733. The van der Waals surface area contributed by atoms with E-state index in [0.717, 1.165) is 56.0 Å². The molecule has 24 heavy (non-hydrogen) atoms. The van der Waals surface area contributed by atoms with Crippen molar-refractivity contribution in [3.8, 4) is 0 Å². The summed E-state index contributed by atoms with van der Waals surface area (Å²) in [5.74, 6) is 0.760. The van der Waals surface area contributed by atoms with Crippen molar-refractivity contribution in [3.05, 3.63) is 42.1 Å². The van der Waals surface area contributed by atoms with Gasteiger partial charge in [0.2, 0.25) is 5.91 Å². The molecule has 0 aliphatic carbocycles. The van der Waals surface area contributed by atoms with Crippen LogP contribution in [0.25, 0.3) is 10.9 Å². The summed E-state index contributed by atoms with van der Waals surface area (Å²) < 4.78 is 5.39. The van der Waals surface area contributed by atoms with E-state index in [9.17, 15) is 4.79 Å². The number of hydrogen-bond acceptors (Lipinski definition) is 5. The van der Waals surface area contributed by atoms with Gasteiger partial charge < -0.3 is 9.64 Å². The standard InChI is InChI=1S/C18H21N3O2S/c22-17-13-24-18(21(17)8-7-20-9-11-23-12-10-20)16-6-5-14-3-1-2-4-15(14)19-16/h1-6,18H,7-13H2. The van der Waals surface area contributed by atoms with Crippen LogP contribution in [0.15, 0.2) is 36.4 Å². The predicted octanol–water partition coefficient (Wildman–Crippen LogP) is 2.14. The molecule has 1 unspecified atom stereocenters. The fourth-order valence-electron chi connectivity index (χ4n) is 3.23.